The third kappa shape index (κ3) is 4.22. The summed E-state index contributed by atoms with van der Waals surface area (Å²) in [5.74, 6) is -1.83. The first-order chi connectivity index (χ1) is 13.3. The summed E-state index contributed by atoms with van der Waals surface area (Å²) in [4.78, 5) is 40.8. The van der Waals surface area contributed by atoms with E-state index < -0.39 is 23.8 Å². The number of hydrogen-bond donors (Lipinski definition) is 1. The second-order valence-electron chi connectivity index (χ2n) is 6.28. The fraction of sp³-hybridized carbons (Fsp3) is 0.200. The van der Waals surface area contributed by atoms with Crippen LogP contribution in [0.15, 0.2) is 53.6 Å². The van der Waals surface area contributed by atoms with E-state index in [0.717, 1.165) is 4.57 Å². The van der Waals surface area contributed by atoms with Gasteiger partial charge in [-0.25, -0.2) is 9.37 Å². The van der Waals surface area contributed by atoms with Crippen LogP contribution in [-0.4, -0.2) is 27.5 Å². The summed E-state index contributed by atoms with van der Waals surface area (Å²) in [6.07, 6.45) is 0.132. The number of carbonyl (C=O) groups excluding carboxylic acids is 2. The van der Waals surface area contributed by atoms with Crippen LogP contribution in [0.5, 0.6) is 0 Å². The van der Waals surface area contributed by atoms with Crippen molar-refractivity contribution in [2.24, 2.45) is 0 Å². The SMILES string of the molecule is Cc1ccc(NC(=O)[C@H](C)OC(=O)Cn2cnc3ccccc3c2=O)cc1F. The van der Waals surface area contributed by atoms with Crippen molar-refractivity contribution in [1.29, 1.82) is 0 Å². The van der Waals surface area contributed by atoms with Crippen LogP contribution >= 0.6 is 0 Å². The minimum Gasteiger partial charge on any atom is -0.451 e. The molecule has 7 nitrogen and oxygen atoms in total. The first kappa shape index (κ1) is 19.2. The summed E-state index contributed by atoms with van der Waals surface area (Å²) in [6, 6.07) is 11.0. The van der Waals surface area contributed by atoms with Crippen molar-refractivity contribution in [2.45, 2.75) is 26.5 Å². The second-order valence-corrected chi connectivity index (χ2v) is 6.28. The summed E-state index contributed by atoms with van der Waals surface area (Å²) in [5.41, 5.74) is 0.850. The number of esters is 1. The molecule has 1 N–H and O–H groups in total. The zero-order valence-electron chi connectivity index (χ0n) is 15.3. The van der Waals surface area contributed by atoms with Gasteiger partial charge in [-0.15, -0.1) is 0 Å². The zero-order valence-corrected chi connectivity index (χ0v) is 15.3. The standard InChI is InChI=1S/C20H18FN3O4/c1-12-7-8-14(9-16(12)21)23-19(26)13(2)28-18(25)10-24-11-22-17-6-4-3-5-15(17)20(24)27/h3-9,11,13H,10H2,1-2H3,(H,23,26)/t13-/m0/s1. The number of amides is 1. The average Bonchev–Trinajstić information content (AvgIpc) is 2.67. The first-order valence-corrected chi connectivity index (χ1v) is 8.56. The number of para-hydroxylation sites is 1. The van der Waals surface area contributed by atoms with Gasteiger partial charge in [-0.2, -0.15) is 0 Å². The summed E-state index contributed by atoms with van der Waals surface area (Å²) >= 11 is 0. The molecule has 0 radical (unpaired) electrons. The number of carbonyl (C=O) groups is 2. The third-order valence-corrected chi connectivity index (χ3v) is 4.15. The lowest BCUT2D eigenvalue weighted by molar-refractivity contribution is -0.153. The number of ether oxygens (including phenoxy) is 1. The predicted molar refractivity (Wildman–Crippen MR) is 101 cm³/mol. The number of aromatic nitrogens is 2. The smallest absolute Gasteiger partial charge is 0.326 e. The Balaban J connectivity index is 1.64. The number of halogens is 1. The number of aryl methyl sites for hydroxylation is 1. The summed E-state index contributed by atoms with van der Waals surface area (Å²) in [5, 5.41) is 2.86. The van der Waals surface area contributed by atoms with Crippen LogP contribution in [-0.2, 0) is 20.9 Å². The Kier molecular flexibility index (Phi) is 5.49. The van der Waals surface area contributed by atoms with E-state index in [1.165, 1.54) is 25.4 Å². The maximum Gasteiger partial charge on any atom is 0.326 e. The van der Waals surface area contributed by atoms with E-state index in [1.54, 1.807) is 37.3 Å². The first-order valence-electron chi connectivity index (χ1n) is 8.56. The van der Waals surface area contributed by atoms with Crippen molar-refractivity contribution in [3.8, 4) is 0 Å². The maximum absolute atomic E-state index is 13.6. The molecule has 0 unspecified atom stereocenters. The van der Waals surface area contributed by atoms with Crippen LogP contribution in [0.4, 0.5) is 10.1 Å². The van der Waals surface area contributed by atoms with Gasteiger partial charge in [0.1, 0.15) is 12.4 Å². The van der Waals surface area contributed by atoms with Gasteiger partial charge in [0.2, 0.25) is 0 Å². The predicted octanol–water partition coefficient (Wildman–Crippen LogP) is 2.41. The second kappa shape index (κ2) is 7.99. The Labute approximate surface area is 159 Å². The van der Waals surface area contributed by atoms with Crippen LogP contribution in [0, 0.1) is 12.7 Å². The van der Waals surface area contributed by atoms with Gasteiger partial charge in [0.05, 0.1) is 17.2 Å². The van der Waals surface area contributed by atoms with Crippen molar-refractivity contribution >= 4 is 28.5 Å². The van der Waals surface area contributed by atoms with E-state index in [4.69, 9.17) is 4.74 Å². The molecule has 0 aliphatic carbocycles. The van der Waals surface area contributed by atoms with Crippen molar-refractivity contribution < 1.29 is 18.7 Å². The Morgan fingerprint density at radius 1 is 1.25 bits per heavy atom. The van der Waals surface area contributed by atoms with Crippen molar-refractivity contribution in [2.75, 3.05) is 5.32 Å². The average molecular weight is 383 g/mol. The summed E-state index contributed by atoms with van der Waals surface area (Å²) in [6.45, 7) is 2.61. The van der Waals surface area contributed by atoms with Crippen LogP contribution in [0.3, 0.4) is 0 Å². The molecule has 1 heterocycles. The molecule has 28 heavy (non-hydrogen) atoms. The van der Waals surface area contributed by atoms with Gasteiger partial charge >= 0.3 is 5.97 Å². The number of rotatable bonds is 5. The van der Waals surface area contributed by atoms with E-state index >= 15 is 0 Å². The number of fused-ring (bicyclic) bond motifs is 1. The zero-order chi connectivity index (χ0) is 20.3. The van der Waals surface area contributed by atoms with Gasteiger partial charge < -0.3 is 10.1 Å². The van der Waals surface area contributed by atoms with Gasteiger partial charge in [0, 0.05) is 5.69 Å². The van der Waals surface area contributed by atoms with Crippen molar-refractivity contribution in [3.05, 3.63) is 70.5 Å². The normalized spacial score (nSPS) is 11.8. The third-order valence-electron chi connectivity index (χ3n) is 4.15. The van der Waals surface area contributed by atoms with Gasteiger partial charge in [-0.05, 0) is 43.7 Å². The molecule has 144 valence electrons. The number of anilines is 1. The van der Waals surface area contributed by atoms with Gasteiger partial charge in [-0.1, -0.05) is 18.2 Å². The topological polar surface area (TPSA) is 90.3 Å². The molecule has 1 atom stereocenters. The molecule has 0 fully saturated rings. The molecule has 8 heteroatoms. The van der Waals surface area contributed by atoms with Crippen molar-refractivity contribution in [1.82, 2.24) is 9.55 Å². The molecule has 3 rings (SSSR count). The number of hydrogen-bond acceptors (Lipinski definition) is 5. The molecule has 1 aromatic heterocycles. The number of benzene rings is 2. The van der Waals surface area contributed by atoms with E-state index in [9.17, 15) is 18.8 Å². The van der Waals surface area contributed by atoms with Crippen LogP contribution in [0.2, 0.25) is 0 Å². The molecular weight excluding hydrogens is 365 g/mol. The van der Waals surface area contributed by atoms with E-state index in [0.29, 0.717) is 16.5 Å². The molecule has 0 aliphatic heterocycles. The molecule has 0 spiro atoms. The largest absolute Gasteiger partial charge is 0.451 e. The van der Waals surface area contributed by atoms with Crippen LogP contribution in [0.1, 0.15) is 12.5 Å². The minimum atomic E-state index is -1.12. The Hall–Kier alpha value is -3.55. The molecular formula is C20H18FN3O4. The number of nitrogens with zero attached hydrogens (tertiary/aromatic N) is 2. The lowest BCUT2D eigenvalue weighted by atomic mass is 10.2. The molecule has 1 amide bonds. The van der Waals surface area contributed by atoms with Crippen LogP contribution in [0.25, 0.3) is 10.9 Å². The Bertz CT molecular complexity index is 1110. The molecule has 3 aromatic rings. The van der Waals surface area contributed by atoms with Gasteiger partial charge in [0.15, 0.2) is 6.10 Å². The quantitative estimate of drug-likeness (QED) is 0.684. The Morgan fingerprint density at radius 2 is 2.00 bits per heavy atom. The highest BCUT2D eigenvalue weighted by Crippen LogP contribution is 2.14. The van der Waals surface area contributed by atoms with E-state index in [2.05, 4.69) is 10.3 Å². The lowest BCUT2D eigenvalue weighted by Crippen LogP contribution is -2.33. The highest BCUT2D eigenvalue weighted by Gasteiger charge is 2.19. The number of nitrogens with one attached hydrogen (secondary N) is 1. The lowest BCUT2D eigenvalue weighted by Gasteiger charge is -2.14. The van der Waals surface area contributed by atoms with E-state index in [-0.39, 0.29) is 17.8 Å². The molecule has 0 bridgehead atoms. The van der Waals surface area contributed by atoms with E-state index in [1.807, 2.05) is 0 Å². The summed E-state index contributed by atoms with van der Waals surface area (Å²) < 4.78 is 19.7. The van der Waals surface area contributed by atoms with Gasteiger partial charge in [-0.3, -0.25) is 19.0 Å². The fourth-order valence-corrected chi connectivity index (χ4v) is 2.56. The molecule has 0 saturated carbocycles. The van der Waals surface area contributed by atoms with Gasteiger partial charge in [0.25, 0.3) is 11.5 Å². The highest BCUT2D eigenvalue weighted by molar-refractivity contribution is 5.95. The summed E-state index contributed by atoms with van der Waals surface area (Å²) in [7, 11) is 0. The molecule has 0 saturated heterocycles. The Morgan fingerprint density at radius 3 is 2.75 bits per heavy atom. The van der Waals surface area contributed by atoms with Crippen molar-refractivity contribution in [3.63, 3.8) is 0 Å². The monoisotopic (exact) mass is 383 g/mol. The fourth-order valence-electron chi connectivity index (χ4n) is 2.56. The highest BCUT2D eigenvalue weighted by atomic mass is 19.1. The molecule has 2 aromatic carbocycles. The maximum atomic E-state index is 13.6. The minimum absolute atomic E-state index is 0.256. The molecule has 0 aliphatic rings. The van der Waals surface area contributed by atoms with Crippen LogP contribution < -0.4 is 10.9 Å².